The fourth-order valence-corrected chi connectivity index (χ4v) is 1.79. The van der Waals surface area contributed by atoms with Crippen molar-refractivity contribution in [2.75, 3.05) is 13.1 Å². The lowest BCUT2D eigenvalue weighted by molar-refractivity contribution is 0.0655. The van der Waals surface area contributed by atoms with E-state index in [4.69, 9.17) is 0 Å². The van der Waals surface area contributed by atoms with E-state index in [1.165, 1.54) is 0 Å². The standard InChI is InChI=1S/C10H15N3O/c14-9-3-1-6-13(7-9)8-10-11-4-2-5-12-10/h2,4-5,9,14H,1,3,6-8H2. The number of hydrogen-bond donors (Lipinski definition) is 1. The van der Waals surface area contributed by atoms with E-state index in [2.05, 4.69) is 14.9 Å². The summed E-state index contributed by atoms with van der Waals surface area (Å²) < 4.78 is 0. The third-order valence-corrected chi connectivity index (χ3v) is 2.46. The summed E-state index contributed by atoms with van der Waals surface area (Å²) in [5.41, 5.74) is 0. The van der Waals surface area contributed by atoms with Gasteiger partial charge < -0.3 is 5.11 Å². The summed E-state index contributed by atoms with van der Waals surface area (Å²) >= 11 is 0. The van der Waals surface area contributed by atoms with Gasteiger partial charge in [-0.15, -0.1) is 0 Å². The van der Waals surface area contributed by atoms with E-state index in [-0.39, 0.29) is 6.10 Å². The van der Waals surface area contributed by atoms with E-state index in [0.29, 0.717) is 0 Å². The summed E-state index contributed by atoms with van der Waals surface area (Å²) in [6.07, 6.45) is 5.32. The molecule has 0 radical (unpaired) electrons. The largest absolute Gasteiger partial charge is 0.392 e. The van der Waals surface area contributed by atoms with E-state index in [9.17, 15) is 5.11 Å². The molecule has 2 heterocycles. The second-order valence-electron chi connectivity index (χ2n) is 3.70. The quantitative estimate of drug-likeness (QED) is 0.740. The van der Waals surface area contributed by atoms with Crippen molar-refractivity contribution in [2.45, 2.75) is 25.5 Å². The van der Waals surface area contributed by atoms with Gasteiger partial charge in [-0.25, -0.2) is 9.97 Å². The Labute approximate surface area is 83.6 Å². The van der Waals surface area contributed by atoms with Crippen LogP contribution >= 0.6 is 0 Å². The van der Waals surface area contributed by atoms with Crippen LogP contribution in [0.15, 0.2) is 18.5 Å². The van der Waals surface area contributed by atoms with E-state index in [1.807, 2.05) is 6.07 Å². The van der Waals surface area contributed by atoms with Gasteiger partial charge in [0.05, 0.1) is 12.6 Å². The van der Waals surface area contributed by atoms with Crippen molar-refractivity contribution in [1.29, 1.82) is 0 Å². The van der Waals surface area contributed by atoms with Gasteiger partial charge in [-0.05, 0) is 25.5 Å². The molecule has 0 bridgehead atoms. The SMILES string of the molecule is OC1CCCN(Cc2ncccn2)C1. The smallest absolute Gasteiger partial charge is 0.142 e. The molecule has 76 valence electrons. The molecule has 0 aromatic carbocycles. The average Bonchev–Trinajstić information content (AvgIpc) is 2.19. The number of piperidine rings is 1. The van der Waals surface area contributed by atoms with Crippen LogP contribution in [-0.2, 0) is 6.54 Å². The minimum atomic E-state index is -0.174. The van der Waals surface area contributed by atoms with Gasteiger partial charge in [-0.1, -0.05) is 0 Å². The number of aliphatic hydroxyl groups excluding tert-OH is 1. The zero-order valence-electron chi connectivity index (χ0n) is 8.13. The van der Waals surface area contributed by atoms with Crippen LogP contribution in [0.25, 0.3) is 0 Å². The maximum atomic E-state index is 9.48. The molecule has 1 atom stereocenters. The van der Waals surface area contributed by atoms with Crippen LogP contribution in [0, 0.1) is 0 Å². The Morgan fingerprint density at radius 3 is 2.93 bits per heavy atom. The molecule has 1 fully saturated rings. The van der Waals surface area contributed by atoms with Crippen molar-refractivity contribution < 1.29 is 5.11 Å². The topological polar surface area (TPSA) is 49.2 Å². The molecule has 0 amide bonds. The highest BCUT2D eigenvalue weighted by Gasteiger charge is 2.17. The van der Waals surface area contributed by atoms with Gasteiger partial charge in [0.25, 0.3) is 0 Å². The van der Waals surface area contributed by atoms with E-state index in [0.717, 1.165) is 38.3 Å². The second-order valence-corrected chi connectivity index (χ2v) is 3.70. The van der Waals surface area contributed by atoms with Gasteiger partial charge in [0.2, 0.25) is 0 Å². The molecule has 14 heavy (non-hydrogen) atoms. The van der Waals surface area contributed by atoms with Crippen LogP contribution in [0.1, 0.15) is 18.7 Å². The number of likely N-dealkylation sites (tertiary alicyclic amines) is 1. The van der Waals surface area contributed by atoms with Gasteiger partial charge in [0.15, 0.2) is 0 Å². The lowest BCUT2D eigenvalue weighted by Gasteiger charge is -2.29. The maximum absolute atomic E-state index is 9.48. The molecule has 1 aliphatic heterocycles. The molecule has 1 saturated heterocycles. The van der Waals surface area contributed by atoms with Crippen LogP contribution in [0.4, 0.5) is 0 Å². The first-order valence-corrected chi connectivity index (χ1v) is 5.01. The van der Waals surface area contributed by atoms with Crippen molar-refractivity contribution in [1.82, 2.24) is 14.9 Å². The molecule has 0 saturated carbocycles. The summed E-state index contributed by atoms with van der Waals surface area (Å²) in [5.74, 6) is 0.835. The number of aliphatic hydroxyl groups is 1. The molecular formula is C10H15N3O. The van der Waals surface area contributed by atoms with E-state index >= 15 is 0 Å². The number of nitrogens with zero attached hydrogens (tertiary/aromatic N) is 3. The van der Waals surface area contributed by atoms with E-state index < -0.39 is 0 Å². The Hall–Kier alpha value is -1.00. The number of rotatable bonds is 2. The predicted molar refractivity (Wildman–Crippen MR) is 52.5 cm³/mol. The minimum absolute atomic E-state index is 0.174. The maximum Gasteiger partial charge on any atom is 0.142 e. The van der Waals surface area contributed by atoms with Crippen LogP contribution in [0.2, 0.25) is 0 Å². The van der Waals surface area contributed by atoms with Crippen LogP contribution in [0.3, 0.4) is 0 Å². The van der Waals surface area contributed by atoms with Crippen molar-refractivity contribution in [3.8, 4) is 0 Å². The van der Waals surface area contributed by atoms with Crippen LogP contribution in [-0.4, -0.2) is 39.2 Å². The highest BCUT2D eigenvalue weighted by molar-refractivity contribution is 4.89. The predicted octanol–water partition coefficient (Wildman–Crippen LogP) is 0.433. The molecule has 0 spiro atoms. The Morgan fingerprint density at radius 1 is 1.43 bits per heavy atom. The number of hydrogen-bond acceptors (Lipinski definition) is 4. The van der Waals surface area contributed by atoms with Gasteiger partial charge >= 0.3 is 0 Å². The second kappa shape index (κ2) is 4.48. The fraction of sp³-hybridized carbons (Fsp3) is 0.600. The molecule has 1 aromatic rings. The fourth-order valence-electron chi connectivity index (χ4n) is 1.79. The Bertz CT molecular complexity index is 278. The normalized spacial score (nSPS) is 23.6. The first kappa shape index (κ1) is 9.55. The number of aromatic nitrogens is 2. The zero-order chi connectivity index (χ0) is 9.80. The summed E-state index contributed by atoms with van der Waals surface area (Å²) in [7, 11) is 0. The third-order valence-electron chi connectivity index (χ3n) is 2.46. The molecule has 2 rings (SSSR count). The van der Waals surface area contributed by atoms with Crippen molar-refractivity contribution >= 4 is 0 Å². The van der Waals surface area contributed by atoms with Crippen molar-refractivity contribution in [2.24, 2.45) is 0 Å². The molecule has 1 aliphatic rings. The average molecular weight is 193 g/mol. The van der Waals surface area contributed by atoms with Crippen molar-refractivity contribution in [3.63, 3.8) is 0 Å². The molecule has 1 aromatic heterocycles. The van der Waals surface area contributed by atoms with Crippen molar-refractivity contribution in [3.05, 3.63) is 24.3 Å². The van der Waals surface area contributed by atoms with Gasteiger partial charge in [0, 0.05) is 18.9 Å². The summed E-state index contributed by atoms with van der Waals surface area (Å²) in [6.45, 7) is 2.53. The Morgan fingerprint density at radius 2 is 2.21 bits per heavy atom. The first-order chi connectivity index (χ1) is 6.84. The summed E-state index contributed by atoms with van der Waals surface area (Å²) in [4.78, 5) is 10.5. The molecule has 0 aliphatic carbocycles. The van der Waals surface area contributed by atoms with Gasteiger partial charge in [-0.2, -0.15) is 0 Å². The number of β-amino-alcohol motifs (C(OH)–C–C–N with tert-alkyl or cyclic N) is 1. The lowest BCUT2D eigenvalue weighted by atomic mass is 10.1. The monoisotopic (exact) mass is 193 g/mol. The minimum Gasteiger partial charge on any atom is -0.392 e. The summed E-state index contributed by atoms with van der Waals surface area (Å²) in [6, 6.07) is 1.81. The molecule has 4 nitrogen and oxygen atoms in total. The lowest BCUT2D eigenvalue weighted by Crippen LogP contribution is -2.38. The zero-order valence-corrected chi connectivity index (χ0v) is 8.13. The van der Waals surface area contributed by atoms with Crippen LogP contribution in [0.5, 0.6) is 0 Å². The molecule has 1 unspecified atom stereocenters. The highest BCUT2D eigenvalue weighted by atomic mass is 16.3. The van der Waals surface area contributed by atoms with Gasteiger partial charge in [-0.3, -0.25) is 4.90 Å². The molecule has 1 N–H and O–H groups in total. The third kappa shape index (κ3) is 2.49. The Kier molecular flexibility index (Phi) is 3.06. The molecule has 4 heteroatoms. The van der Waals surface area contributed by atoms with Crippen LogP contribution < -0.4 is 0 Å². The summed E-state index contributed by atoms with van der Waals surface area (Å²) in [5, 5.41) is 9.48. The highest BCUT2D eigenvalue weighted by Crippen LogP contribution is 2.11. The molecular weight excluding hydrogens is 178 g/mol. The first-order valence-electron chi connectivity index (χ1n) is 5.01. The van der Waals surface area contributed by atoms with E-state index in [1.54, 1.807) is 12.4 Å². The Balaban J connectivity index is 1.91. The van der Waals surface area contributed by atoms with Gasteiger partial charge in [0.1, 0.15) is 5.82 Å².